The second-order valence-corrected chi connectivity index (χ2v) is 5.26. The van der Waals surface area contributed by atoms with Gasteiger partial charge in [0.15, 0.2) is 0 Å². The molecule has 2 heterocycles. The molecule has 4 nitrogen and oxygen atoms in total. The SMILES string of the molecule is CC(C)(C)N1C(=O)CC(N)C1c1ccco1. The molecule has 16 heavy (non-hydrogen) atoms. The van der Waals surface area contributed by atoms with E-state index in [0.29, 0.717) is 6.42 Å². The predicted octanol–water partition coefficient (Wildman–Crippen LogP) is 1.68. The van der Waals surface area contributed by atoms with Gasteiger partial charge in [0.1, 0.15) is 11.8 Å². The van der Waals surface area contributed by atoms with Gasteiger partial charge in [0, 0.05) is 18.0 Å². The van der Waals surface area contributed by atoms with E-state index in [2.05, 4.69) is 0 Å². The van der Waals surface area contributed by atoms with E-state index in [1.165, 1.54) is 0 Å². The van der Waals surface area contributed by atoms with Crippen LogP contribution >= 0.6 is 0 Å². The van der Waals surface area contributed by atoms with Crippen molar-refractivity contribution in [3.05, 3.63) is 24.2 Å². The largest absolute Gasteiger partial charge is 0.467 e. The summed E-state index contributed by atoms with van der Waals surface area (Å²) in [7, 11) is 0. The molecule has 88 valence electrons. The highest BCUT2D eigenvalue weighted by Crippen LogP contribution is 2.37. The zero-order valence-electron chi connectivity index (χ0n) is 9.93. The summed E-state index contributed by atoms with van der Waals surface area (Å²) in [6.45, 7) is 6.04. The topological polar surface area (TPSA) is 59.5 Å². The van der Waals surface area contributed by atoms with Gasteiger partial charge in [-0.3, -0.25) is 4.79 Å². The summed E-state index contributed by atoms with van der Waals surface area (Å²) < 4.78 is 5.39. The van der Waals surface area contributed by atoms with Gasteiger partial charge < -0.3 is 15.1 Å². The van der Waals surface area contributed by atoms with Crippen LogP contribution in [0.15, 0.2) is 22.8 Å². The molecule has 0 aliphatic carbocycles. The Balaban J connectivity index is 2.38. The number of nitrogens with zero attached hydrogens (tertiary/aromatic N) is 1. The Bertz CT molecular complexity index is 378. The lowest BCUT2D eigenvalue weighted by atomic mass is 10.0. The molecule has 1 aromatic rings. The fourth-order valence-electron chi connectivity index (χ4n) is 2.35. The second kappa shape index (κ2) is 3.63. The van der Waals surface area contributed by atoms with Crippen molar-refractivity contribution in [2.24, 2.45) is 5.73 Å². The van der Waals surface area contributed by atoms with Crippen LogP contribution in [-0.4, -0.2) is 22.4 Å². The standard InChI is InChI=1S/C12H18N2O2/c1-12(2,3)14-10(15)7-8(13)11(14)9-5-4-6-16-9/h4-6,8,11H,7,13H2,1-3H3. The first-order valence-electron chi connectivity index (χ1n) is 5.52. The molecule has 2 atom stereocenters. The first-order chi connectivity index (χ1) is 7.41. The molecule has 1 aliphatic rings. The van der Waals surface area contributed by atoms with E-state index < -0.39 is 0 Å². The summed E-state index contributed by atoms with van der Waals surface area (Å²) >= 11 is 0. The monoisotopic (exact) mass is 222 g/mol. The van der Waals surface area contributed by atoms with E-state index in [-0.39, 0.29) is 23.5 Å². The van der Waals surface area contributed by atoms with Gasteiger partial charge in [0.2, 0.25) is 5.91 Å². The molecule has 0 radical (unpaired) electrons. The Hall–Kier alpha value is -1.29. The van der Waals surface area contributed by atoms with Crippen molar-refractivity contribution < 1.29 is 9.21 Å². The fraction of sp³-hybridized carbons (Fsp3) is 0.583. The molecule has 2 N–H and O–H groups in total. The molecule has 2 rings (SSSR count). The van der Waals surface area contributed by atoms with E-state index in [1.807, 2.05) is 37.8 Å². The maximum atomic E-state index is 11.9. The van der Waals surface area contributed by atoms with Crippen molar-refractivity contribution in [3.63, 3.8) is 0 Å². The minimum Gasteiger partial charge on any atom is -0.467 e. The van der Waals surface area contributed by atoms with Crippen molar-refractivity contribution in [2.45, 2.75) is 44.8 Å². The summed E-state index contributed by atoms with van der Waals surface area (Å²) in [6.07, 6.45) is 2.01. The third kappa shape index (κ3) is 1.73. The van der Waals surface area contributed by atoms with E-state index in [0.717, 1.165) is 5.76 Å². The number of carbonyl (C=O) groups excluding carboxylic acids is 1. The summed E-state index contributed by atoms with van der Waals surface area (Å²) in [5.41, 5.74) is 5.79. The molecule has 1 saturated heterocycles. The zero-order valence-corrected chi connectivity index (χ0v) is 9.93. The molecule has 4 heteroatoms. The molecule has 1 fully saturated rings. The van der Waals surface area contributed by atoms with Gasteiger partial charge in [0.05, 0.1) is 6.26 Å². The highest BCUT2D eigenvalue weighted by Gasteiger charge is 2.45. The lowest BCUT2D eigenvalue weighted by Gasteiger charge is -2.37. The average molecular weight is 222 g/mol. The normalized spacial score (nSPS) is 26.5. The van der Waals surface area contributed by atoms with Gasteiger partial charge in [-0.25, -0.2) is 0 Å². The molecule has 0 bridgehead atoms. The Morgan fingerprint density at radius 2 is 2.19 bits per heavy atom. The number of furan rings is 1. The van der Waals surface area contributed by atoms with E-state index in [4.69, 9.17) is 10.2 Å². The maximum Gasteiger partial charge on any atom is 0.225 e. The van der Waals surface area contributed by atoms with Gasteiger partial charge in [-0.1, -0.05) is 0 Å². The molecule has 1 amide bonds. The molecule has 2 unspecified atom stereocenters. The number of rotatable bonds is 1. The summed E-state index contributed by atoms with van der Waals surface area (Å²) in [4.78, 5) is 13.8. The minimum absolute atomic E-state index is 0.0985. The lowest BCUT2D eigenvalue weighted by molar-refractivity contribution is -0.134. The van der Waals surface area contributed by atoms with Crippen molar-refractivity contribution in [1.29, 1.82) is 0 Å². The van der Waals surface area contributed by atoms with Crippen LogP contribution in [-0.2, 0) is 4.79 Å². The van der Waals surface area contributed by atoms with Crippen molar-refractivity contribution in [2.75, 3.05) is 0 Å². The number of likely N-dealkylation sites (tertiary alicyclic amines) is 1. The number of carbonyl (C=O) groups is 1. The summed E-state index contributed by atoms with van der Waals surface area (Å²) in [5, 5.41) is 0. The number of hydrogen-bond donors (Lipinski definition) is 1. The molecule has 1 aromatic heterocycles. The smallest absolute Gasteiger partial charge is 0.225 e. The molecule has 0 aromatic carbocycles. The van der Waals surface area contributed by atoms with Crippen molar-refractivity contribution >= 4 is 5.91 Å². The van der Waals surface area contributed by atoms with Gasteiger partial charge in [-0.2, -0.15) is 0 Å². The van der Waals surface area contributed by atoms with Crippen LogP contribution in [0.3, 0.4) is 0 Å². The van der Waals surface area contributed by atoms with Crippen LogP contribution in [0.4, 0.5) is 0 Å². The van der Waals surface area contributed by atoms with E-state index >= 15 is 0 Å². The van der Waals surface area contributed by atoms with Crippen molar-refractivity contribution in [3.8, 4) is 0 Å². The zero-order chi connectivity index (χ0) is 11.9. The Morgan fingerprint density at radius 1 is 1.50 bits per heavy atom. The van der Waals surface area contributed by atoms with Crippen LogP contribution in [0.2, 0.25) is 0 Å². The lowest BCUT2D eigenvalue weighted by Crippen LogP contribution is -2.45. The number of amides is 1. The maximum absolute atomic E-state index is 11.9. The molecule has 1 aliphatic heterocycles. The van der Waals surface area contributed by atoms with Crippen LogP contribution in [0.25, 0.3) is 0 Å². The van der Waals surface area contributed by atoms with Crippen LogP contribution < -0.4 is 5.73 Å². The Labute approximate surface area is 95.4 Å². The van der Waals surface area contributed by atoms with E-state index in [1.54, 1.807) is 6.26 Å². The quantitative estimate of drug-likeness (QED) is 0.786. The highest BCUT2D eigenvalue weighted by atomic mass is 16.3. The average Bonchev–Trinajstić information content (AvgIpc) is 2.70. The van der Waals surface area contributed by atoms with Crippen LogP contribution in [0, 0.1) is 0 Å². The number of nitrogens with two attached hydrogens (primary N) is 1. The molecular weight excluding hydrogens is 204 g/mol. The third-order valence-electron chi connectivity index (χ3n) is 2.92. The predicted molar refractivity (Wildman–Crippen MR) is 60.6 cm³/mol. The first-order valence-corrected chi connectivity index (χ1v) is 5.52. The number of hydrogen-bond acceptors (Lipinski definition) is 3. The molecular formula is C12H18N2O2. The van der Waals surface area contributed by atoms with Gasteiger partial charge >= 0.3 is 0 Å². The fourth-order valence-corrected chi connectivity index (χ4v) is 2.35. The Kier molecular flexibility index (Phi) is 2.54. The highest BCUT2D eigenvalue weighted by molar-refractivity contribution is 5.81. The van der Waals surface area contributed by atoms with Crippen LogP contribution in [0.5, 0.6) is 0 Å². The van der Waals surface area contributed by atoms with Gasteiger partial charge in [-0.15, -0.1) is 0 Å². The summed E-state index contributed by atoms with van der Waals surface area (Å²) in [6, 6.07) is 3.38. The van der Waals surface area contributed by atoms with Crippen molar-refractivity contribution in [1.82, 2.24) is 4.90 Å². The Morgan fingerprint density at radius 3 is 2.69 bits per heavy atom. The first kappa shape index (κ1) is 11.2. The molecule has 0 saturated carbocycles. The van der Waals surface area contributed by atoms with Gasteiger partial charge in [-0.05, 0) is 32.9 Å². The minimum atomic E-state index is -0.233. The second-order valence-electron chi connectivity index (χ2n) is 5.26. The van der Waals surface area contributed by atoms with Crippen LogP contribution in [0.1, 0.15) is 39.0 Å². The van der Waals surface area contributed by atoms with E-state index in [9.17, 15) is 4.79 Å². The molecule has 0 spiro atoms. The summed E-state index contributed by atoms with van der Waals surface area (Å²) in [5.74, 6) is 0.870. The van der Waals surface area contributed by atoms with Gasteiger partial charge in [0.25, 0.3) is 0 Å². The third-order valence-corrected chi connectivity index (χ3v) is 2.92.